The number of ether oxygens (including phenoxy) is 1. The number of carbonyl (C=O) groups excluding carboxylic acids is 5. The summed E-state index contributed by atoms with van der Waals surface area (Å²) >= 11 is 6.01. The van der Waals surface area contributed by atoms with Crippen LogP contribution in [0.5, 0.6) is 0 Å². The van der Waals surface area contributed by atoms with Crippen LogP contribution in [0.15, 0.2) is 83.8 Å². The molecule has 1 aliphatic heterocycles. The lowest BCUT2D eigenvalue weighted by atomic mass is 10.1. The van der Waals surface area contributed by atoms with Gasteiger partial charge in [0.2, 0.25) is 17.7 Å². The van der Waals surface area contributed by atoms with Gasteiger partial charge in [-0.3, -0.25) is 24.0 Å². The van der Waals surface area contributed by atoms with Gasteiger partial charge in [0.15, 0.2) is 0 Å². The molecule has 0 saturated carbocycles. The number of nitrogen functional groups attached to an aromatic ring is 1. The predicted octanol–water partition coefficient (Wildman–Crippen LogP) is 2.42. The fraction of sp³-hybridized carbons (Fsp3) is 0.273. The Morgan fingerprint density at radius 2 is 1.81 bits per heavy atom. The van der Waals surface area contributed by atoms with Gasteiger partial charge in [-0.15, -0.1) is 0 Å². The van der Waals surface area contributed by atoms with Crippen molar-refractivity contribution in [2.75, 3.05) is 24.2 Å². The second-order valence-corrected chi connectivity index (χ2v) is 11.1. The van der Waals surface area contributed by atoms with Crippen LogP contribution in [0.2, 0.25) is 5.02 Å². The number of aromatic nitrogens is 1. The van der Waals surface area contributed by atoms with Gasteiger partial charge in [0.1, 0.15) is 17.8 Å². The topological polar surface area (TPSA) is 182 Å². The highest BCUT2D eigenvalue weighted by molar-refractivity contribution is 6.33. The Morgan fingerprint density at radius 3 is 2.51 bits per heavy atom. The molecular formula is C33H35ClN6O7. The maximum absolute atomic E-state index is 13.3. The minimum absolute atomic E-state index is 0.0358. The van der Waals surface area contributed by atoms with Crippen molar-refractivity contribution >= 4 is 52.6 Å². The van der Waals surface area contributed by atoms with Crippen LogP contribution in [0.25, 0.3) is 0 Å². The molecule has 246 valence electrons. The zero-order chi connectivity index (χ0) is 34.1. The molecule has 1 aromatic heterocycles. The van der Waals surface area contributed by atoms with Gasteiger partial charge in [-0.25, -0.2) is 4.79 Å². The highest BCUT2D eigenvalue weighted by Gasteiger charge is 2.41. The first-order chi connectivity index (χ1) is 22.5. The van der Waals surface area contributed by atoms with Crippen LogP contribution in [0.4, 0.5) is 11.4 Å². The summed E-state index contributed by atoms with van der Waals surface area (Å²) in [7, 11) is 0. The van der Waals surface area contributed by atoms with Gasteiger partial charge in [-0.05, 0) is 49.7 Å². The molecule has 1 fully saturated rings. The van der Waals surface area contributed by atoms with Crippen LogP contribution in [-0.2, 0) is 30.5 Å². The third-order valence-electron chi connectivity index (χ3n) is 7.46. The largest absolute Gasteiger partial charge is 0.464 e. The molecule has 1 aliphatic rings. The number of pyridine rings is 1. The molecule has 0 aliphatic carbocycles. The van der Waals surface area contributed by atoms with Crippen molar-refractivity contribution in [2.45, 2.75) is 44.9 Å². The summed E-state index contributed by atoms with van der Waals surface area (Å²) in [6, 6.07) is 13.8. The first-order valence-electron chi connectivity index (χ1n) is 14.8. The number of halogens is 1. The van der Waals surface area contributed by atoms with E-state index in [0.29, 0.717) is 5.69 Å². The molecule has 1 saturated heterocycles. The number of nitrogens with one attached hydrogen (secondary N) is 3. The number of benzene rings is 2. The SMILES string of the molecule is CCOC(=O)[C@@H]1C[C@H](NC(=O)C(C)n2cccc(NC(=O)c3ccc(N)c(Cl)c3)c2=O)CN1C(=O)/C=C/C(=O)NCc1ccccc1. The Hall–Kier alpha value is -5.43. The molecule has 3 atom stereocenters. The number of likely N-dealkylation sites (tertiary alicyclic amines) is 1. The molecule has 4 amide bonds. The quantitative estimate of drug-likeness (QED) is 0.137. The summed E-state index contributed by atoms with van der Waals surface area (Å²) in [4.78, 5) is 78.6. The van der Waals surface area contributed by atoms with Gasteiger partial charge >= 0.3 is 5.97 Å². The molecule has 5 N–H and O–H groups in total. The maximum Gasteiger partial charge on any atom is 0.328 e. The highest BCUT2D eigenvalue weighted by atomic mass is 35.5. The lowest BCUT2D eigenvalue weighted by Crippen LogP contribution is -2.43. The summed E-state index contributed by atoms with van der Waals surface area (Å²) in [5.74, 6) is -2.89. The fourth-order valence-electron chi connectivity index (χ4n) is 4.95. The standard InChI is InChI=1S/C33H35ClN6O7/c1-3-47-33(46)27-17-23(19-40(27)29(42)14-13-28(41)36-18-21-8-5-4-6-9-21)37-30(43)20(2)39-15-7-10-26(32(39)45)38-31(44)22-11-12-25(35)24(34)16-22/h4-16,20,23,27H,3,17-19,35H2,1-2H3,(H,36,41)(H,37,43)(H,38,44)/b14-13+/t20?,23-,27-/m0/s1. The van der Waals surface area contributed by atoms with Gasteiger partial charge < -0.3 is 35.9 Å². The number of carbonyl (C=O) groups is 5. The zero-order valence-electron chi connectivity index (χ0n) is 25.8. The smallest absolute Gasteiger partial charge is 0.328 e. The number of nitrogens with zero attached hydrogens (tertiary/aromatic N) is 2. The van der Waals surface area contributed by atoms with E-state index in [4.69, 9.17) is 22.1 Å². The Bertz CT molecular complexity index is 1740. The summed E-state index contributed by atoms with van der Waals surface area (Å²) in [6.45, 7) is 3.46. The third kappa shape index (κ3) is 8.85. The van der Waals surface area contributed by atoms with Gasteiger partial charge in [0.25, 0.3) is 11.5 Å². The van der Waals surface area contributed by atoms with Gasteiger partial charge in [0, 0.05) is 49.5 Å². The zero-order valence-corrected chi connectivity index (χ0v) is 26.5. The first-order valence-corrected chi connectivity index (χ1v) is 15.2. The van der Waals surface area contributed by atoms with Crippen molar-refractivity contribution in [2.24, 2.45) is 0 Å². The molecule has 0 bridgehead atoms. The van der Waals surface area contributed by atoms with E-state index in [1.165, 1.54) is 48.4 Å². The number of hydrogen-bond donors (Lipinski definition) is 4. The van der Waals surface area contributed by atoms with E-state index in [9.17, 15) is 28.8 Å². The van der Waals surface area contributed by atoms with Crippen molar-refractivity contribution in [1.29, 1.82) is 0 Å². The van der Waals surface area contributed by atoms with E-state index < -0.39 is 53.3 Å². The van der Waals surface area contributed by atoms with Crippen LogP contribution >= 0.6 is 11.6 Å². The molecule has 47 heavy (non-hydrogen) atoms. The first kappa shape index (κ1) is 34.4. The Labute approximate surface area is 275 Å². The van der Waals surface area contributed by atoms with Gasteiger partial charge in [-0.2, -0.15) is 0 Å². The molecule has 14 heteroatoms. The summed E-state index contributed by atoms with van der Waals surface area (Å²) in [6.07, 6.45) is 3.62. The monoisotopic (exact) mass is 662 g/mol. The van der Waals surface area contributed by atoms with Crippen molar-refractivity contribution in [3.8, 4) is 0 Å². The molecule has 4 rings (SSSR count). The molecule has 2 aromatic carbocycles. The highest BCUT2D eigenvalue weighted by Crippen LogP contribution is 2.22. The van der Waals surface area contributed by atoms with E-state index in [-0.39, 0.29) is 42.4 Å². The van der Waals surface area contributed by atoms with Crippen LogP contribution in [0, 0.1) is 0 Å². The molecule has 1 unspecified atom stereocenters. The normalized spacial score (nSPS) is 16.4. The average Bonchev–Trinajstić information content (AvgIpc) is 3.49. The van der Waals surface area contributed by atoms with Crippen LogP contribution in [0.1, 0.15) is 42.2 Å². The Morgan fingerprint density at radius 1 is 1.06 bits per heavy atom. The predicted molar refractivity (Wildman–Crippen MR) is 175 cm³/mol. The fourth-order valence-corrected chi connectivity index (χ4v) is 5.13. The molecular weight excluding hydrogens is 628 g/mol. The lowest BCUT2D eigenvalue weighted by molar-refractivity contribution is -0.151. The van der Waals surface area contributed by atoms with E-state index in [1.807, 2.05) is 30.3 Å². The van der Waals surface area contributed by atoms with E-state index in [1.54, 1.807) is 6.92 Å². The maximum atomic E-state index is 13.3. The minimum atomic E-state index is -1.02. The average molecular weight is 663 g/mol. The van der Waals surface area contributed by atoms with Crippen LogP contribution < -0.4 is 27.2 Å². The number of amides is 4. The van der Waals surface area contributed by atoms with Crippen LogP contribution in [-0.4, -0.2) is 64.3 Å². The van der Waals surface area contributed by atoms with E-state index in [2.05, 4.69) is 16.0 Å². The van der Waals surface area contributed by atoms with Gasteiger partial charge in [0.05, 0.1) is 17.3 Å². The molecule has 2 heterocycles. The molecule has 0 spiro atoms. The van der Waals surface area contributed by atoms with E-state index in [0.717, 1.165) is 22.3 Å². The van der Waals surface area contributed by atoms with Crippen molar-refractivity contribution in [3.63, 3.8) is 0 Å². The number of rotatable bonds is 11. The Kier molecular flexibility index (Phi) is 11.5. The Balaban J connectivity index is 1.41. The summed E-state index contributed by atoms with van der Waals surface area (Å²) in [5, 5.41) is 8.20. The number of nitrogens with two attached hydrogens (primary N) is 1. The van der Waals surface area contributed by atoms with Crippen LogP contribution in [0.3, 0.4) is 0 Å². The molecule has 13 nitrogen and oxygen atoms in total. The summed E-state index contributed by atoms with van der Waals surface area (Å²) in [5.41, 5.74) is 6.37. The molecule has 0 radical (unpaired) electrons. The minimum Gasteiger partial charge on any atom is -0.464 e. The summed E-state index contributed by atoms with van der Waals surface area (Å²) < 4.78 is 6.30. The number of anilines is 2. The number of hydrogen-bond acceptors (Lipinski definition) is 8. The van der Waals surface area contributed by atoms with Crippen molar-refractivity contribution < 1.29 is 28.7 Å². The second kappa shape index (κ2) is 15.7. The van der Waals surface area contributed by atoms with E-state index >= 15 is 0 Å². The van der Waals surface area contributed by atoms with Gasteiger partial charge in [-0.1, -0.05) is 41.9 Å². The van der Waals surface area contributed by atoms with Crippen molar-refractivity contribution in [3.05, 3.63) is 106 Å². The van der Waals surface area contributed by atoms with Crippen molar-refractivity contribution in [1.82, 2.24) is 20.1 Å². The molecule has 3 aromatic rings. The lowest BCUT2D eigenvalue weighted by Gasteiger charge is -2.21. The second-order valence-electron chi connectivity index (χ2n) is 10.7. The number of esters is 1. The third-order valence-corrected chi connectivity index (χ3v) is 7.79.